The first-order valence-electron chi connectivity index (χ1n) is 8.58. The highest BCUT2D eigenvalue weighted by Crippen LogP contribution is 2.52. The Labute approximate surface area is 139 Å². The monoisotopic (exact) mass is 310 g/mol. The highest BCUT2D eigenvalue weighted by molar-refractivity contribution is 6.74. The van der Waals surface area contributed by atoms with Crippen LogP contribution in [0.5, 0.6) is 0 Å². The standard InChI is InChI=1S/C18H27BN4/c1-13(2)15-10-23(22-21-15)16-8-7-14(9-20-16)19-11-17(3,4)18(5,6)12-19/h7-10,13H,11-12H2,1-6H3. The Hall–Kier alpha value is -1.65. The molecule has 0 aromatic carbocycles. The van der Waals surface area contributed by atoms with Crippen molar-refractivity contribution in [1.82, 2.24) is 20.0 Å². The lowest BCUT2D eigenvalue weighted by Gasteiger charge is -2.35. The maximum absolute atomic E-state index is 4.62. The first-order chi connectivity index (χ1) is 10.7. The molecule has 0 spiro atoms. The number of nitrogens with zero attached hydrogens (tertiary/aromatic N) is 4. The van der Waals surface area contributed by atoms with E-state index in [-0.39, 0.29) is 0 Å². The third kappa shape index (κ3) is 2.93. The van der Waals surface area contributed by atoms with E-state index in [9.17, 15) is 0 Å². The zero-order valence-electron chi connectivity index (χ0n) is 15.2. The zero-order chi connectivity index (χ0) is 16.8. The van der Waals surface area contributed by atoms with E-state index >= 15 is 0 Å². The van der Waals surface area contributed by atoms with Gasteiger partial charge in [0.05, 0.1) is 11.9 Å². The van der Waals surface area contributed by atoms with Crippen LogP contribution in [0.15, 0.2) is 24.5 Å². The summed E-state index contributed by atoms with van der Waals surface area (Å²) >= 11 is 0. The van der Waals surface area contributed by atoms with E-state index in [4.69, 9.17) is 0 Å². The maximum atomic E-state index is 4.62. The van der Waals surface area contributed by atoms with Crippen molar-refractivity contribution < 1.29 is 0 Å². The van der Waals surface area contributed by atoms with E-state index in [1.807, 2.05) is 12.4 Å². The molecule has 1 aliphatic rings. The summed E-state index contributed by atoms with van der Waals surface area (Å²) in [6.07, 6.45) is 6.44. The second kappa shape index (κ2) is 5.46. The Balaban J connectivity index is 1.80. The van der Waals surface area contributed by atoms with Crippen LogP contribution < -0.4 is 5.46 Å². The van der Waals surface area contributed by atoms with E-state index < -0.39 is 0 Å². The molecule has 3 heterocycles. The molecule has 0 amide bonds. The third-order valence-electron chi connectivity index (χ3n) is 5.93. The predicted octanol–water partition coefficient (Wildman–Crippen LogP) is 3.55. The summed E-state index contributed by atoms with van der Waals surface area (Å²) in [5.74, 6) is 1.22. The van der Waals surface area contributed by atoms with E-state index in [2.05, 4.69) is 69.0 Å². The van der Waals surface area contributed by atoms with Crippen molar-refractivity contribution in [2.24, 2.45) is 10.8 Å². The van der Waals surface area contributed by atoms with Gasteiger partial charge in [-0.15, -0.1) is 5.10 Å². The number of rotatable bonds is 3. The van der Waals surface area contributed by atoms with Crippen LogP contribution in [0.3, 0.4) is 0 Å². The van der Waals surface area contributed by atoms with Crippen molar-refractivity contribution in [3.05, 3.63) is 30.2 Å². The summed E-state index contributed by atoms with van der Waals surface area (Å²) in [7, 11) is 0. The van der Waals surface area contributed by atoms with Crippen molar-refractivity contribution in [1.29, 1.82) is 0 Å². The van der Waals surface area contributed by atoms with Gasteiger partial charge in [-0.05, 0) is 22.8 Å². The predicted molar refractivity (Wildman–Crippen MR) is 95.8 cm³/mol. The van der Waals surface area contributed by atoms with Gasteiger partial charge in [-0.25, -0.2) is 9.67 Å². The minimum atomic E-state index is 0.369. The van der Waals surface area contributed by atoms with Gasteiger partial charge in [0.25, 0.3) is 0 Å². The summed E-state index contributed by atoms with van der Waals surface area (Å²) in [4.78, 5) is 4.62. The fraction of sp³-hybridized carbons (Fsp3) is 0.611. The molecule has 2 aromatic heterocycles. The average Bonchev–Trinajstić information content (AvgIpc) is 3.03. The lowest BCUT2D eigenvalue weighted by Crippen LogP contribution is -2.28. The average molecular weight is 310 g/mol. The molecule has 4 nitrogen and oxygen atoms in total. The first-order valence-corrected chi connectivity index (χ1v) is 8.58. The van der Waals surface area contributed by atoms with E-state index in [0.29, 0.717) is 23.5 Å². The molecule has 3 rings (SSSR count). The molecule has 23 heavy (non-hydrogen) atoms. The second-order valence-corrected chi connectivity index (χ2v) is 8.57. The van der Waals surface area contributed by atoms with E-state index in [1.165, 1.54) is 18.1 Å². The van der Waals surface area contributed by atoms with Crippen LogP contribution in [0.25, 0.3) is 5.82 Å². The summed E-state index contributed by atoms with van der Waals surface area (Å²) in [6, 6.07) is 4.27. The van der Waals surface area contributed by atoms with Gasteiger partial charge in [0.2, 0.25) is 0 Å². The van der Waals surface area contributed by atoms with Crippen LogP contribution in [0.1, 0.15) is 53.2 Å². The molecule has 0 bridgehead atoms. The number of hydrogen-bond acceptors (Lipinski definition) is 3. The smallest absolute Gasteiger partial charge is 0.179 e. The van der Waals surface area contributed by atoms with Crippen LogP contribution in [-0.2, 0) is 0 Å². The molecule has 0 radical (unpaired) electrons. The number of pyridine rings is 1. The second-order valence-electron chi connectivity index (χ2n) is 8.57. The lowest BCUT2D eigenvalue weighted by molar-refractivity contribution is 0.177. The molecule has 5 heteroatoms. The Morgan fingerprint density at radius 1 is 1.09 bits per heavy atom. The Morgan fingerprint density at radius 2 is 1.74 bits per heavy atom. The summed E-state index contributed by atoms with van der Waals surface area (Å²) < 4.78 is 1.77. The van der Waals surface area contributed by atoms with Gasteiger partial charge in [-0.1, -0.05) is 70.9 Å². The highest BCUT2D eigenvalue weighted by Gasteiger charge is 2.48. The minimum absolute atomic E-state index is 0.369. The molecular formula is C18H27BN4. The van der Waals surface area contributed by atoms with Crippen molar-refractivity contribution in [3.8, 4) is 5.82 Å². The molecule has 0 atom stereocenters. The molecule has 0 N–H and O–H groups in total. The Bertz CT molecular complexity index is 669. The summed E-state index contributed by atoms with van der Waals surface area (Å²) in [5, 5.41) is 8.39. The van der Waals surface area contributed by atoms with Crippen LogP contribution in [0.4, 0.5) is 0 Å². The van der Waals surface area contributed by atoms with Gasteiger partial charge in [0.15, 0.2) is 12.5 Å². The van der Waals surface area contributed by atoms with Gasteiger partial charge in [-0.2, -0.15) is 0 Å². The number of aromatic nitrogens is 4. The maximum Gasteiger partial charge on any atom is 0.179 e. The summed E-state index contributed by atoms with van der Waals surface area (Å²) in [5.41, 5.74) is 3.08. The lowest BCUT2D eigenvalue weighted by atomic mass is 9.42. The molecule has 122 valence electrons. The normalized spacial score (nSPS) is 19.5. The van der Waals surface area contributed by atoms with Crippen molar-refractivity contribution in [3.63, 3.8) is 0 Å². The van der Waals surface area contributed by atoms with Crippen molar-refractivity contribution in [2.45, 2.75) is 60.1 Å². The van der Waals surface area contributed by atoms with Gasteiger partial charge >= 0.3 is 0 Å². The molecular weight excluding hydrogens is 283 g/mol. The fourth-order valence-corrected chi connectivity index (χ4v) is 3.52. The molecule has 0 saturated carbocycles. The van der Waals surface area contributed by atoms with Crippen molar-refractivity contribution in [2.75, 3.05) is 0 Å². The molecule has 1 fully saturated rings. The quantitative estimate of drug-likeness (QED) is 0.814. The SMILES string of the molecule is CC(C)c1cn(-c2ccc(B3CC(C)(C)C(C)(C)C3)cn2)nn1. The minimum Gasteiger partial charge on any atom is -0.238 e. The number of hydrogen-bond donors (Lipinski definition) is 0. The van der Waals surface area contributed by atoms with Crippen LogP contribution in [0.2, 0.25) is 12.6 Å². The largest absolute Gasteiger partial charge is 0.238 e. The van der Waals surface area contributed by atoms with Crippen molar-refractivity contribution >= 4 is 12.2 Å². The molecule has 0 aliphatic carbocycles. The third-order valence-corrected chi connectivity index (χ3v) is 5.93. The summed E-state index contributed by atoms with van der Waals surface area (Å²) in [6.45, 7) is 14.4. The van der Waals surface area contributed by atoms with Crippen LogP contribution >= 0.6 is 0 Å². The molecule has 1 aliphatic heterocycles. The molecule has 0 unspecified atom stereocenters. The van der Waals surface area contributed by atoms with Gasteiger partial charge in [-0.3, -0.25) is 0 Å². The Morgan fingerprint density at radius 3 is 2.22 bits per heavy atom. The first kappa shape index (κ1) is 16.2. The van der Waals surface area contributed by atoms with E-state index in [1.54, 1.807) is 4.68 Å². The Kier molecular flexibility index (Phi) is 3.85. The highest BCUT2D eigenvalue weighted by atomic mass is 15.4. The van der Waals surface area contributed by atoms with Gasteiger partial charge in [0, 0.05) is 6.20 Å². The van der Waals surface area contributed by atoms with Crippen LogP contribution in [-0.4, -0.2) is 26.7 Å². The fourth-order valence-electron chi connectivity index (χ4n) is 3.52. The van der Waals surface area contributed by atoms with Gasteiger partial charge in [0.1, 0.15) is 0 Å². The van der Waals surface area contributed by atoms with Gasteiger partial charge < -0.3 is 0 Å². The molecule has 1 saturated heterocycles. The zero-order valence-corrected chi connectivity index (χ0v) is 15.2. The van der Waals surface area contributed by atoms with E-state index in [0.717, 1.165) is 11.5 Å². The van der Waals surface area contributed by atoms with Crippen LogP contribution in [0, 0.1) is 10.8 Å². The molecule has 2 aromatic rings. The topological polar surface area (TPSA) is 43.6 Å².